The van der Waals surface area contributed by atoms with Crippen LogP contribution in [0.4, 0.5) is 0 Å². The lowest BCUT2D eigenvalue weighted by Gasteiger charge is -2.05. The van der Waals surface area contributed by atoms with Crippen LogP contribution in [-0.2, 0) is 6.42 Å². The van der Waals surface area contributed by atoms with Crippen LogP contribution >= 0.6 is 11.6 Å². The predicted molar refractivity (Wildman–Crippen MR) is 88.7 cm³/mol. The minimum Gasteiger partial charge on any atom is -0.497 e. The van der Waals surface area contributed by atoms with Gasteiger partial charge in [0, 0.05) is 22.7 Å². The molecule has 114 valence electrons. The first-order valence-electron chi connectivity index (χ1n) is 6.80. The van der Waals surface area contributed by atoms with Crippen molar-refractivity contribution >= 4 is 23.2 Å². The van der Waals surface area contributed by atoms with E-state index in [0.717, 1.165) is 17.0 Å². The molecule has 0 atom stereocenters. The number of hydrogen-bond acceptors (Lipinski definition) is 3. The number of amides is 1. The number of nitrogens with one attached hydrogen (secondary N) is 1. The van der Waals surface area contributed by atoms with Gasteiger partial charge < -0.3 is 4.74 Å². The van der Waals surface area contributed by atoms with Gasteiger partial charge in [-0.25, -0.2) is 5.43 Å². The molecule has 0 bridgehead atoms. The third-order valence-electron chi connectivity index (χ3n) is 3.07. The smallest absolute Gasteiger partial charge is 0.271 e. The van der Waals surface area contributed by atoms with Crippen LogP contribution in [0.15, 0.2) is 53.6 Å². The summed E-state index contributed by atoms with van der Waals surface area (Å²) in [4.78, 5) is 11.9. The van der Waals surface area contributed by atoms with Gasteiger partial charge in [0.25, 0.3) is 5.91 Å². The van der Waals surface area contributed by atoms with Crippen molar-refractivity contribution < 1.29 is 9.53 Å². The summed E-state index contributed by atoms with van der Waals surface area (Å²) in [5.41, 5.74) is 4.97. The van der Waals surface area contributed by atoms with E-state index >= 15 is 0 Å². The molecule has 2 aromatic rings. The molecule has 2 aromatic carbocycles. The Morgan fingerprint density at radius 1 is 1.14 bits per heavy atom. The van der Waals surface area contributed by atoms with Crippen molar-refractivity contribution in [1.29, 1.82) is 0 Å². The Balaban J connectivity index is 1.94. The lowest BCUT2D eigenvalue weighted by Crippen LogP contribution is -2.19. The highest BCUT2D eigenvalue weighted by Crippen LogP contribution is 2.12. The Labute approximate surface area is 134 Å². The summed E-state index contributed by atoms with van der Waals surface area (Å²) >= 11 is 5.79. The Morgan fingerprint density at radius 2 is 1.77 bits per heavy atom. The molecule has 0 spiro atoms. The highest BCUT2D eigenvalue weighted by Gasteiger charge is 2.04. The number of rotatable bonds is 5. The van der Waals surface area contributed by atoms with Gasteiger partial charge in [0.1, 0.15) is 5.75 Å². The first-order chi connectivity index (χ1) is 10.6. The SMILES string of the molecule is COc1ccc(C/C(C)=N/NC(=O)c2ccc(Cl)cc2)cc1. The molecule has 5 heteroatoms. The van der Waals surface area contributed by atoms with E-state index in [1.54, 1.807) is 31.4 Å². The van der Waals surface area contributed by atoms with E-state index in [1.807, 2.05) is 31.2 Å². The monoisotopic (exact) mass is 316 g/mol. The van der Waals surface area contributed by atoms with Gasteiger partial charge in [-0.05, 0) is 48.9 Å². The molecule has 22 heavy (non-hydrogen) atoms. The number of methoxy groups -OCH3 is 1. The Bertz CT molecular complexity index is 664. The Morgan fingerprint density at radius 3 is 2.36 bits per heavy atom. The third-order valence-corrected chi connectivity index (χ3v) is 3.33. The molecule has 1 N–H and O–H groups in total. The maximum atomic E-state index is 11.9. The van der Waals surface area contributed by atoms with E-state index in [2.05, 4.69) is 10.5 Å². The second kappa shape index (κ2) is 7.61. The average molecular weight is 317 g/mol. The van der Waals surface area contributed by atoms with E-state index in [1.165, 1.54) is 0 Å². The van der Waals surface area contributed by atoms with Crippen LogP contribution in [0.1, 0.15) is 22.8 Å². The molecule has 0 aliphatic rings. The van der Waals surface area contributed by atoms with Crippen LogP contribution in [-0.4, -0.2) is 18.7 Å². The highest BCUT2D eigenvalue weighted by molar-refractivity contribution is 6.30. The zero-order valence-electron chi connectivity index (χ0n) is 12.5. The van der Waals surface area contributed by atoms with Crippen LogP contribution < -0.4 is 10.2 Å². The van der Waals surface area contributed by atoms with E-state index in [-0.39, 0.29) is 5.91 Å². The van der Waals surface area contributed by atoms with E-state index < -0.39 is 0 Å². The van der Waals surface area contributed by atoms with Crippen LogP contribution in [0.5, 0.6) is 5.75 Å². The van der Waals surface area contributed by atoms with E-state index in [9.17, 15) is 4.79 Å². The molecule has 0 aliphatic carbocycles. The number of ether oxygens (including phenoxy) is 1. The highest BCUT2D eigenvalue weighted by atomic mass is 35.5. The van der Waals surface area contributed by atoms with Crippen molar-refractivity contribution in [2.75, 3.05) is 7.11 Å². The number of hydrogen-bond donors (Lipinski definition) is 1. The normalized spacial score (nSPS) is 11.1. The maximum absolute atomic E-state index is 11.9. The molecule has 0 saturated carbocycles. The topological polar surface area (TPSA) is 50.7 Å². The van der Waals surface area contributed by atoms with Crippen molar-refractivity contribution in [2.45, 2.75) is 13.3 Å². The number of benzene rings is 2. The summed E-state index contributed by atoms with van der Waals surface area (Å²) in [5, 5.41) is 4.71. The molecular weight excluding hydrogens is 300 g/mol. The Hall–Kier alpha value is -2.33. The molecule has 0 saturated heterocycles. The largest absolute Gasteiger partial charge is 0.497 e. The van der Waals surface area contributed by atoms with Crippen molar-refractivity contribution in [3.63, 3.8) is 0 Å². The lowest BCUT2D eigenvalue weighted by molar-refractivity contribution is 0.0954. The van der Waals surface area contributed by atoms with Gasteiger partial charge >= 0.3 is 0 Å². The second-order valence-electron chi connectivity index (χ2n) is 4.82. The number of hydrazone groups is 1. The number of nitrogens with zero attached hydrogens (tertiary/aromatic N) is 1. The van der Waals surface area contributed by atoms with Crippen LogP contribution in [0.25, 0.3) is 0 Å². The number of halogens is 1. The molecule has 0 heterocycles. The third kappa shape index (κ3) is 4.60. The summed E-state index contributed by atoms with van der Waals surface area (Å²) in [6, 6.07) is 14.4. The molecule has 0 unspecified atom stereocenters. The van der Waals surface area contributed by atoms with E-state index in [0.29, 0.717) is 17.0 Å². The minimum absolute atomic E-state index is 0.259. The molecule has 0 aromatic heterocycles. The summed E-state index contributed by atoms with van der Waals surface area (Å²) in [6.07, 6.45) is 0.658. The molecular formula is C17H17ClN2O2. The Kier molecular flexibility index (Phi) is 5.55. The van der Waals surface area contributed by atoms with Crippen molar-refractivity contribution in [1.82, 2.24) is 5.43 Å². The summed E-state index contributed by atoms with van der Waals surface area (Å²) in [7, 11) is 1.63. The van der Waals surface area contributed by atoms with Gasteiger partial charge in [0.15, 0.2) is 0 Å². The van der Waals surface area contributed by atoms with Gasteiger partial charge in [0.2, 0.25) is 0 Å². The zero-order valence-corrected chi connectivity index (χ0v) is 13.2. The first-order valence-corrected chi connectivity index (χ1v) is 7.18. The lowest BCUT2D eigenvalue weighted by atomic mass is 10.1. The van der Waals surface area contributed by atoms with Gasteiger partial charge in [-0.1, -0.05) is 23.7 Å². The zero-order chi connectivity index (χ0) is 15.9. The minimum atomic E-state index is -0.259. The standard InChI is InChI=1S/C17H17ClN2O2/c1-12(11-13-3-9-16(22-2)10-4-13)19-20-17(21)14-5-7-15(18)8-6-14/h3-10H,11H2,1-2H3,(H,20,21)/b19-12+. The van der Waals surface area contributed by atoms with Gasteiger partial charge in [-0.3, -0.25) is 4.79 Å². The van der Waals surface area contributed by atoms with Gasteiger partial charge in [-0.15, -0.1) is 0 Å². The van der Waals surface area contributed by atoms with Crippen LogP contribution in [0.3, 0.4) is 0 Å². The molecule has 2 rings (SSSR count). The quantitative estimate of drug-likeness (QED) is 0.675. The van der Waals surface area contributed by atoms with Gasteiger partial charge in [-0.2, -0.15) is 5.10 Å². The molecule has 0 aliphatic heterocycles. The van der Waals surface area contributed by atoms with Crippen molar-refractivity contribution in [3.05, 3.63) is 64.7 Å². The fourth-order valence-electron chi connectivity index (χ4n) is 1.89. The summed E-state index contributed by atoms with van der Waals surface area (Å²) in [6.45, 7) is 1.87. The van der Waals surface area contributed by atoms with Crippen LogP contribution in [0.2, 0.25) is 5.02 Å². The molecule has 0 fully saturated rings. The van der Waals surface area contributed by atoms with Crippen molar-refractivity contribution in [3.8, 4) is 5.75 Å². The number of carbonyl (C=O) groups is 1. The van der Waals surface area contributed by atoms with Crippen molar-refractivity contribution in [2.24, 2.45) is 5.10 Å². The average Bonchev–Trinajstić information content (AvgIpc) is 2.54. The summed E-state index contributed by atoms with van der Waals surface area (Å²) in [5.74, 6) is 0.556. The molecule has 1 amide bonds. The maximum Gasteiger partial charge on any atom is 0.271 e. The van der Waals surface area contributed by atoms with Crippen LogP contribution in [0, 0.1) is 0 Å². The predicted octanol–water partition coefficient (Wildman–Crippen LogP) is 3.70. The van der Waals surface area contributed by atoms with E-state index in [4.69, 9.17) is 16.3 Å². The fraction of sp³-hybridized carbons (Fsp3) is 0.176. The summed E-state index contributed by atoms with van der Waals surface area (Å²) < 4.78 is 5.11. The first kappa shape index (κ1) is 16.0. The van der Waals surface area contributed by atoms with Gasteiger partial charge in [0.05, 0.1) is 7.11 Å². The fourth-order valence-corrected chi connectivity index (χ4v) is 2.02. The number of carbonyl (C=O) groups excluding carboxylic acids is 1. The molecule has 0 radical (unpaired) electrons. The molecule has 4 nitrogen and oxygen atoms in total. The second-order valence-corrected chi connectivity index (χ2v) is 5.26.